The normalized spacial score (nSPS) is 13.3. The van der Waals surface area contributed by atoms with E-state index in [2.05, 4.69) is 42.7 Å². The smallest absolute Gasteiger partial charge is 0.185 e. The molecule has 0 bridgehead atoms. The van der Waals surface area contributed by atoms with Gasteiger partial charge in [0.05, 0.1) is 11.4 Å². The van der Waals surface area contributed by atoms with Crippen molar-refractivity contribution in [3.05, 3.63) is 40.2 Å². The summed E-state index contributed by atoms with van der Waals surface area (Å²) in [7, 11) is 1.89. The fourth-order valence-electron chi connectivity index (χ4n) is 2.74. The van der Waals surface area contributed by atoms with Gasteiger partial charge in [0.15, 0.2) is 4.90 Å². The van der Waals surface area contributed by atoms with Crippen LogP contribution in [0.4, 0.5) is 5.69 Å². The fraction of sp³-hybridized carbons (Fsp3) is 0.500. The molecule has 4 nitrogen and oxygen atoms in total. The first kappa shape index (κ1) is 17.9. The number of hydrogen-bond acceptors (Lipinski definition) is 3. The van der Waals surface area contributed by atoms with Gasteiger partial charge in [-0.3, -0.25) is 4.68 Å². The minimum Gasteiger partial charge on any atom is -0.588 e. The molecule has 1 atom stereocenters. The van der Waals surface area contributed by atoms with Crippen LogP contribution >= 0.6 is 0 Å². The third kappa shape index (κ3) is 3.56. The summed E-state index contributed by atoms with van der Waals surface area (Å²) in [6.45, 7) is 14.5. The van der Waals surface area contributed by atoms with Crippen LogP contribution in [0, 0.1) is 27.7 Å². The van der Waals surface area contributed by atoms with Crippen molar-refractivity contribution in [3.63, 3.8) is 0 Å². The third-order valence-electron chi connectivity index (χ3n) is 4.22. The van der Waals surface area contributed by atoms with Gasteiger partial charge in [0.1, 0.15) is 17.0 Å². The van der Waals surface area contributed by atoms with E-state index in [-0.39, 0.29) is 5.41 Å². The Morgan fingerprint density at radius 1 is 1.09 bits per heavy atom. The Morgan fingerprint density at radius 3 is 2.00 bits per heavy atom. The Balaban J connectivity index is 2.38. The van der Waals surface area contributed by atoms with Gasteiger partial charge in [0, 0.05) is 18.2 Å². The van der Waals surface area contributed by atoms with Crippen LogP contribution in [0.2, 0.25) is 0 Å². The second-order valence-corrected chi connectivity index (χ2v) is 8.38. The molecule has 0 aliphatic rings. The zero-order valence-electron chi connectivity index (χ0n) is 15.4. The molecule has 0 fully saturated rings. The molecule has 1 unspecified atom stereocenters. The Kier molecular flexibility index (Phi) is 4.83. The molecule has 2 rings (SSSR count). The van der Waals surface area contributed by atoms with Gasteiger partial charge in [-0.1, -0.05) is 32.9 Å². The molecule has 1 heterocycles. The van der Waals surface area contributed by atoms with E-state index in [1.54, 1.807) is 4.68 Å². The van der Waals surface area contributed by atoms with Crippen molar-refractivity contribution >= 4 is 17.0 Å². The largest absolute Gasteiger partial charge is 0.588 e. The number of hydrogen-bond donors (Lipinski definition) is 1. The monoisotopic (exact) mass is 333 g/mol. The van der Waals surface area contributed by atoms with Crippen LogP contribution in [-0.4, -0.2) is 14.3 Å². The van der Waals surface area contributed by atoms with E-state index in [0.29, 0.717) is 0 Å². The average molecular weight is 334 g/mol. The van der Waals surface area contributed by atoms with Crippen LogP contribution < -0.4 is 4.72 Å². The van der Waals surface area contributed by atoms with Crippen molar-refractivity contribution in [2.24, 2.45) is 7.05 Å². The molecular weight excluding hydrogens is 306 g/mol. The van der Waals surface area contributed by atoms with Crippen molar-refractivity contribution in [3.8, 4) is 0 Å². The SMILES string of the molecule is Cc1cc(C(C)(C)C)cc(C)c1[S+]([O-])Nc1c(C)nn(C)c1C. The highest BCUT2D eigenvalue weighted by molar-refractivity contribution is 7.92. The van der Waals surface area contributed by atoms with E-state index in [4.69, 9.17) is 0 Å². The molecule has 0 amide bonds. The van der Waals surface area contributed by atoms with Crippen LogP contribution in [0.5, 0.6) is 0 Å². The summed E-state index contributed by atoms with van der Waals surface area (Å²) in [5.41, 5.74) is 6.16. The Bertz CT molecular complexity index is 706. The predicted octanol–water partition coefficient (Wildman–Crippen LogP) is 4.09. The average Bonchev–Trinajstić information content (AvgIpc) is 2.63. The zero-order valence-corrected chi connectivity index (χ0v) is 16.2. The van der Waals surface area contributed by atoms with Crippen molar-refractivity contribution in [1.29, 1.82) is 0 Å². The van der Waals surface area contributed by atoms with Crippen LogP contribution in [0.3, 0.4) is 0 Å². The van der Waals surface area contributed by atoms with Gasteiger partial charge < -0.3 is 4.55 Å². The molecule has 0 aliphatic carbocycles. The van der Waals surface area contributed by atoms with Crippen molar-refractivity contribution in [2.75, 3.05) is 4.72 Å². The molecule has 23 heavy (non-hydrogen) atoms. The molecular formula is C18H27N3OS. The summed E-state index contributed by atoms with van der Waals surface area (Å²) in [6, 6.07) is 4.29. The lowest BCUT2D eigenvalue weighted by Crippen LogP contribution is -2.19. The molecule has 0 spiro atoms. The van der Waals surface area contributed by atoms with Crippen molar-refractivity contribution in [1.82, 2.24) is 9.78 Å². The highest BCUT2D eigenvalue weighted by Crippen LogP contribution is 2.31. The minimum atomic E-state index is -1.30. The molecule has 0 saturated carbocycles. The molecule has 126 valence electrons. The minimum absolute atomic E-state index is 0.0828. The van der Waals surface area contributed by atoms with Gasteiger partial charge in [0.25, 0.3) is 0 Å². The van der Waals surface area contributed by atoms with Crippen LogP contribution in [0.15, 0.2) is 17.0 Å². The highest BCUT2D eigenvalue weighted by Gasteiger charge is 2.24. The molecule has 1 aromatic carbocycles. The second-order valence-electron chi connectivity index (χ2n) is 7.23. The Labute approximate surface area is 142 Å². The molecule has 0 saturated heterocycles. The number of nitrogens with zero attached hydrogens (tertiary/aromatic N) is 2. The summed E-state index contributed by atoms with van der Waals surface area (Å²) < 4.78 is 17.8. The van der Waals surface area contributed by atoms with Gasteiger partial charge in [-0.25, -0.2) is 0 Å². The van der Waals surface area contributed by atoms with Gasteiger partial charge in [-0.15, -0.1) is 0 Å². The lowest BCUT2D eigenvalue weighted by atomic mass is 9.85. The summed E-state index contributed by atoms with van der Waals surface area (Å²) >= 11 is -1.30. The summed E-state index contributed by atoms with van der Waals surface area (Å²) in [4.78, 5) is 0.862. The van der Waals surface area contributed by atoms with Gasteiger partial charge in [-0.2, -0.15) is 9.82 Å². The van der Waals surface area contributed by atoms with E-state index in [0.717, 1.165) is 33.1 Å². The fourth-order valence-corrected chi connectivity index (χ4v) is 4.03. The van der Waals surface area contributed by atoms with E-state index >= 15 is 0 Å². The standard InChI is InChI=1S/C18H27N3OS/c1-11-9-15(18(5,6)7)10-12(2)17(11)23(22)20-16-13(3)19-21(8)14(16)4/h9-10,20H,1-8H3. The number of anilines is 1. The summed E-state index contributed by atoms with van der Waals surface area (Å²) in [6.07, 6.45) is 0. The first-order valence-corrected chi connectivity index (χ1v) is 8.97. The lowest BCUT2D eigenvalue weighted by Gasteiger charge is -2.22. The maximum atomic E-state index is 12.9. The number of aromatic nitrogens is 2. The summed E-state index contributed by atoms with van der Waals surface area (Å²) in [5.74, 6) is 0. The highest BCUT2D eigenvalue weighted by atomic mass is 32.2. The van der Waals surface area contributed by atoms with Crippen LogP contribution in [0.1, 0.15) is 48.8 Å². The van der Waals surface area contributed by atoms with Crippen LogP contribution in [0.25, 0.3) is 0 Å². The van der Waals surface area contributed by atoms with E-state index in [1.807, 2.05) is 34.7 Å². The molecule has 5 heteroatoms. The Morgan fingerprint density at radius 2 is 1.61 bits per heavy atom. The molecule has 2 aromatic rings. The zero-order chi connectivity index (χ0) is 17.5. The van der Waals surface area contributed by atoms with Crippen LogP contribution in [-0.2, 0) is 23.8 Å². The summed E-state index contributed by atoms with van der Waals surface area (Å²) in [5, 5.41) is 4.37. The number of rotatable bonds is 3. The second kappa shape index (κ2) is 6.21. The van der Waals surface area contributed by atoms with E-state index in [1.165, 1.54) is 5.56 Å². The van der Waals surface area contributed by atoms with Crippen molar-refractivity contribution in [2.45, 2.75) is 58.8 Å². The molecule has 1 aromatic heterocycles. The molecule has 0 aliphatic heterocycles. The topological polar surface area (TPSA) is 52.9 Å². The van der Waals surface area contributed by atoms with Gasteiger partial charge in [-0.05, 0) is 38.7 Å². The first-order chi connectivity index (χ1) is 10.5. The first-order valence-electron chi connectivity index (χ1n) is 7.82. The Hall–Kier alpha value is -1.46. The van der Waals surface area contributed by atoms with Crippen molar-refractivity contribution < 1.29 is 4.55 Å². The molecule has 0 radical (unpaired) electrons. The van der Waals surface area contributed by atoms with E-state index in [9.17, 15) is 4.55 Å². The lowest BCUT2D eigenvalue weighted by molar-refractivity contribution is 0.585. The quantitative estimate of drug-likeness (QED) is 0.861. The third-order valence-corrected chi connectivity index (χ3v) is 5.62. The number of benzene rings is 1. The molecule has 1 N–H and O–H groups in total. The van der Waals surface area contributed by atoms with E-state index < -0.39 is 11.4 Å². The predicted molar refractivity (Wildman–Crippen MR) is 97.3 cm³/mol. The number of nitrogens with one attached hydrogen (secondary N) is 1. The number of aryl methyl sites for hydroxylation is 4. The van der Waals surface area contributed by atoms with Gasteiger partial charge in [0.2, 0.25) is 0 Å². The maximum Gasteiger partial charge on any atom is 0.185 e. The van der Waals surface area contributed by atoms with Gasteiger partial charge >= 0.3 is 0 Å². The maximum absolute atomic E-state index is 12.9.